The summed E-state index contributed by atoms with van der Waals surface area (Å²) in [5, 5.41) is 3.51. The summed E-state index contributed by atoms with van der Waals surface area (Å²) in [4.78, 5) is 0. The number of hydrogen-bond acceptors (Lipinski definition) is 1. The SMILES string of the molecule is CCCC(C)CNc1cc(Br)ccc1C. The maximum absolute atomic E-state index is 3.51. The Kier molecular flexibility index (Phi) is 5.16. The van der Waals surface area contributed by atoms with Gasteiger partial charge in [-0.3, -0.25) is 0 Å². The smallest absolute Gasteiger partial charge is 0.0381 e. The van der Waals surface area contributed by atoms with Gasteiger partial charge in [0.2, 0.25) is 0 Å². The van der Waals surface area contributed by atoms with E-state index in [4.69, 9.17) is 0 Å². The van der Waals surface area contributed by atoms with E-state index >= 15 is 0 Å². The van der Waals surface area contributed by atoms with Gasteiger partial charge in [0.25, 0.3) is 0 Å². The van der Waals surface area contributed by atoms with Crippen molar-refractivity contribution < 1.29 is 0 Å². The van der Waals surface area contributed by atoms with Gasteiger partial charge < -0.3 is 5.32 Å². The quantitative estimate of drug-likeness (QED) is 0.824. The van der Waals surface area contributed by atoms with Gasteiger partial charge >= 0.3 is 0 Å². The molecule has 1 unspecified atom stereocenters. The number of anilines is 1. The summed E-state index contributed by atoms with van der Waals surface area (Å²) in [7, 11) is 0. The van der Waals surface area contributed by atoms with Crippen molar-refractivity contribution in [3.8, 4) is 0 Å². The molecule has 0 aliphatic heterocycles. The van der Waals surface area contributed by atoms with Crippen molar-refractivity contribution in [2.45, 2.75) is 33.6 Å². The van der Waals surface area contributed by atoms with Crippen LogP contribution in [0.2, 0.25) is 0 Å². The summed E-state index contributed by atoms with van der Waals surface area (Å²) in [5.41, 5.74) is 2.55. The highest BCUT2D eigenvalue weighted by molar-refractivity contribution is 9.10. The molecule has 1 N–H and O–H groups in total. The Morgan fingerprint density at radius 1 is 1.40 bits per heavy atom. The van der Waals surface area contributed by atoms with E-state index in [1.54, 1.807) is 0 Å². The number of rotatable bonds is 5. The molecule has 1 rings (SSSR count). The highest BCUT2D eigenvalue weighted by Crippen LogP contribution is 2.21. The summed E-state index contributed by atoms with van der Waals surface area (Å²) >= 11 is 3.49. The zero-order valence-electron chi connectivity index (χ0n) is 9.81. The Balaban J connectivity index is 2.53. The van der Waals surface area contributed by atoms with Gasteiger partial charge in [-0.15, -0.1) is 0 Å². The molecule has 1 aromatic rings. The largest absolute Gasteiger partial charge is 0.385 e. The van der Waals surface area contributed by atoms with Crippen LogP contribution in [0.5, 0.6) is 0 Å². The van der Waals surface area contributed by atoms with Crippen LogP contribution < -0.4 is 5.32 Å². The molecule has 1 nitrogen and oxygen atoms in total. The first-order valence-electron chi connectivity index (χ1n) is 5.63. The monoisotopic (exact) mass is 269 g/mol. The molecule has 0 radical (unpaired) electrons. The fourth-order valence-electron chi connectivity index (χ4n) is 1.66. The van der Waals surface area contributed by atoms with Gasteiger partial charge in [0.05, 0.1) is 0 Å². The zero-order chi connectivity index (χ0) is 11.3. The molecular formula is C13H20BrN. The number of nitrogens with one attached hydrogen (secondary N) is 1. The van der Waals surface area contributed by atoms with Crippen molar-refractivity contribution in [1.29, 1.82) is 0 Å². The molecule has 0 aromatic heterocycles. The molecule has 0 aliphatic carbocycles. The minimum Gasteiger partial charge on any atom is -0.385 e. The van der Waals surface area contributed by atoms with Crippen molar-refractivity contribution in [1.82, 2.24) is 0 Å². The number of halogens is 1. The second-order valence-electron chi connectivity index (χ2n) is 4.23. The van der Waals surface area contributed by atoms with E-state index < -0.39 is 0 Å². The third-order valence-corrected chi connectivity index (χ3v) is 3.12. The second kappa shape index (κ2) is 6.16. The zero-order valence-corrected chi connectivity index (χ0v) is 11.4. The fourth-order valence-corrected chi connectivity index (χ4v) is 2.02. The van der Waals surface area contributed by atoms with Crippen LogP contribution in [0.15, 0.2) is 22.7 Å². The molecule has 0 saturated heterocycles. The third-order valence-electron chi connectivity index (χ3n) is 2.62. The predicted octanol–water partition coefficient (Wildman–Crippen LogP) is 4.61. The van der Waals surface area contributed by atoms with E-state index in [1.165, 1.54) is 24.1 Å². The average Bonchev–Trinajstić information content (AvgIpc) is 2.20. The topological polar surface area (TPSA) is 12.0 Å². The van der Waals surface area contributed by atoms with E-state index in [2.05, 4.69) is 60.2 Å². The molecule has 0 amide bonds. The van der Waals surface area contributed by atoms with Gasteiger partial charge in [0.1, 0.15) is 0 Å². The Labute approximate surface area is 101 Å². The van der Waals surface area contributed by atoms with Gasteiger partial charge in [0.15, 0.2) is 0 Å². The molecule has 0 saturated carbocycles. The molecule has 0 spiro atoms. The molecule has 2 heteroatoms. The van der Waals surface area contributed by atoms with E-state index in [-0.39, 0.29) is 0 Å². The Hall–Kier alpha value is -0.500. The third kappa shape index (κ3) is 4.25. The maximum atomic E-state index is 3.51. The Morgan fingerprint density at radius 3 is 2.80 bits per heavy atom. The molecule has 0 aliphatic rings. The minimum absolute atomic E-state index is 0.744. The van der Waals surface area contributed by atoms with Crippen LogP contribution in [-0.4, -0.2) is 6.54 Å². The molecule has 84 valence electrons. The lowest BCUT2D eigenvalue weighted by Gasteiger charge is -2.14. The van der Waals surface area contributed by atoms with E-state index in [9.17, 15) is 0 Å². The van der Waals surface area contributed by atoms with Gasteiger partial charge in [-0.1, -0.05) is 42.3 Å². The molecule has 0 bridgehead atoms. The second-order valence-corrected chi connectivity index (χ2v) is 5.15. The molecule has 1 aromatic carbocycles. The average molecular weight is 270 g/mol. The van der Waals surface area contributed by atoms with Crippen LogP contribution in [-0.2, 0) is 0 Å². The highest BCUT2D eigenvalue weighted by atomic mass is 79.9. The summed E-state index contributed by atoms with van der Waals surface area (Å²) in [6, 6.07) is 6.36. The molecule has 1 atom stereocenters. The highest BCUT2D eigenvalue weighted by Gasteiger charge is 2.02. The summed E-state index contributed by atoms with van der Waals surface area (Å²) in [5.74, 6) is 0.744. The van der Waals surface area contributed by atoms with Gasteiger partial charge in [-0.2, -0.15) is 0 Å². The standard InChI is InChI=1S/C13H20BrN/c1-4-5-10(2)9-15-13-8-12(14)7-6-11(13)3/h6-8,10,15H,4-5,9H2,1-3H3. The fraction of sp³-hybridized carbons (Fsp3) is 0.538. The van der Waals surface area contributed by atoms with Crippen molar-refractivity contribution in [2.75, 3.05) is 11.9 Å². The molecular weight excluding hydrogens is 250 g/mol. The molecule has 0 heterocycles. The van der Waals surface area contributed by atoms with Crippen LogP contribution in [0.4, 0.5) is 5.69 Å². The van der Waals surface area contributed by atoms with E-state index in [1.807, 2.05) is 0 Å². The minimum atomic E-state index is 0.744. The normalized spacial score (nSPS) is 12.5. The van der Waals surface area contributed by atoms with Crippen LogP contribution in [0.25, 0.3) is 0 Å². The van der Waals surface area contributed by atoms with Crippen molar-refractivity contribution in [3.05, 3.63) is 28.2 Å². The lowest BCUT2D eigenvalue weighted by atomic mass is 10.1. The maximum Gasteiger partial charge on any atom is 0.0381 e. The van der Waals surface area contributed by atoms with Crippen LogP contribution in [0.3, 0.4) is 0 Å². The number of aryl methyl sites for hydroxylation is 1. The van der Waals surface area contributed by atoms with Gasteiger partial charge in [-0.25, -0.2) is 0 Å². The molecule has 0 fully saturated rings. The lowest BCUT2D eigenvalue weighted by molar-refractivity contribution is 0.550. The summed E-state index contributed by atoms with van der Waals surface area (Å²) < 4.78 is 1.14. The van der Waals surface area contributed by atoms with E-state index in [0.717, 1.165) is 16.9 Å². The first-order valence-corrected chi connectivity index (χ1v) is 6.42. The molecule has 15 heavy (non-hydrogen) atoms. The Bertz CT molecular complexity index is 309. The van der Waals surface area contributed by atoms with Crippen LogP contribution >= 0.6 is 15.9 Å². The number of benzene rings is 1. The van der Waals surface area contributed by atoms with E-state index in [0.29, 0.717) is 0 Å². The number of hydrogen-bond donors (Lipinski definition) is 1. The first kappa shape index (κ1) is 12.6. The first-order chi connectivity index (χ1) is 7.13. The van der Waals surface area contributed by atoms with Gasteiger partial charge in [0, 0.05) is 16.7 Å². The summed E-state index contributed by atoms with van der Waals surface area (Å²) in [6.45, 7) is 7.73. The summed E-state index contributed by atoms with van der Waals surface area (Å²) in [6.07, 6.45) is 2.56. The van der Waals surface area contributed by atoms with Gasteiger partial charge in [-0.05, 0) is 37.0 Å². The van der Waals surface area contributed by atoms with Crippen molar-refractivity contribution in [3.63, 3.8) is 0 Å². The van der Waals surface area contributed by atoms with Crippen molar-refractivity contribution in [2.24, 2.45) is 5.92 Å². The Morgan fingerprint density at radius 2 is 2.13 bits per heavy atom. The van der Waals surface area contributed by atoms with Crippen LogP contribution in [0.1, 0.15) is 32.3 Å². The van der Waals surface area contributed by atoms with Crippen LogP contribution in [0, 0.1) is 12.8 Å². The van der Waals surface area contributed by atoms with Crippen molar-refractivity contribution >= 4 is 21.6 Å². The predicted molar refractivity (Wildman–Crippen MR) is 71.4 cm³/mol. The lowest BCUT2D eigenvalue weighted by Crippen LogP contribution is -2.11.